The van der Waals surface area contributed by atoms with Gasteiger partial charge in [-0.1, -0.05) is 0 Å². The van der Waals surface area contributed by atoms with E-state index in [4.69, 9.17) is 0 Å². The summed E-state index contributed by atoms with van der Waals surface area (Å²) in [6.45, 7) is 7.78. The quantitative estimate of drug-likeness (QED) is 0.749. The van der Waals surface area contributed by atoms with E-state index in [1.165, 1.54) is 0 Å². The van der Waals surface area contributed by atoms with Crippen LogP contribution in [0.3, 0.4) is 0 Å². The minimum atomic E-state index is -0.899. The third-order valence-corrected chi connectivity index (χ3v) is 2.38. The molecule has 0 aliphatic carbocycles. The van der Waals surface area contributed by atoms with Gasteiger partial charge in [-0.15, -0.1) is 0 Å². The Labute approximate surface area is 93.9 Å². The van der Waals surface area contributed by atoms with E-state index in [9.17, 15) is 13.2 Å². The zero-order chi connectivity index (χ0) is 12.5. The molecule has 0 heterocycles. The molecule has 0 unspecified atom stereocenters. The van der Waals surface area contributed by atoms with Gasteiger partial charge in [-0.05, 0) is 27.7 Å². The highest BCUT2D eigenvalue weighted by atomic mass is 19.1. The van der Waals surface area contributed by atoms with Crippen LogP contribution in [-0.2, 0) is 0 Å². The highest BCUT2D eigenvalue weighted by Crippen LogP contribution is 2.29. The summed E-state index contributed by atoms with van der Waals surface area (Å²) in [5.41, 5.74) is -0.592. The number of halogens is 3. The molecule has 4 heteroatoms. The molecule has 0 aromatic heterocycles. The van der Waals surface area contributed by atoms with E-state index in [0.717, 1.165) is 0 Å². The van der Waals surface area contributed by atoms with Crippen molar-refractivity contribution >= 4 is 5.69 Å². The number of hydrogen-bond acceptors (Lipinski definition) is 1. The van der Waals surface area contributed by atoms with Crippen molar-refractivity contribution in [2.24, 2.45) is 0 Å². The molecule has 0 N–H and O–H groups in total. The SMILES string of the molecule is CCN(c1c(F)cc(F)cc1F)C(C)(C)C. The first-order chi connectivity index (χ1) is 7.27. The molecule has 0 aliphatic rings. The maximum Gasteiger partial charge on any atom is 0.152 e. The predicted molar refractivity (Wildman–Crippen MR) is 59.1 cm³/mol. The number of rotatable bonds is 2. The highest BCUT2D eigenvalue weighted by Gasteiger charge is 2.26. The van der Waals surface area contributed by atoms with Crippen LogP contribution in [-0.4, -0.2) is 12.1 Å². The largest absolute Gasteiger partial charge is 0.362 e. The Morgan fingerprint density at radius 2 is 1.50 bits per heavy atom. The molecule has 0 radical (unpaired) electrons. The smallest absolute Gasteiger partial charge is 0.152 e. The Balaban J connectivity index is 3.31. The van der Waals surface area contributed by atoms with E-state index in [-0.39, 0.29) is 5.69 Å². The zero-order valence-electron chi connectivity index (χ0n) is 9.94. The number of benzene rings is 1. The molecule has 90 valence electrons. The maximum atomic E-state index is 13.6. The fourth-order valence-electron chi connectivity index (χ4n) is 1.76. The normalized spacial score (nSPS) is 11.7. The van der Waals surface area contributed by atoms with Gasteiger partial charge in [0.25, 0.3) is 0 Å². The van der Waals surface area contributed by atoms with Crippen molar-refractivity contribution in [1.29, 1.82) is 0 Å². The molecule has 0 fully saturated rings. The molecule has 16 heavy (non-hydrogen) atoms. The van der Waals surface area contributed by atoms with Crippen molar-refractivity contribution in [1.82, 2.24) is 0 Å². The van der Waals surface area contributed by atoms with Crippen molar-refractivity contribution in [3.8, 4) is 0 Å². The molecular weight excluding hydrogens is 215 g/mol. The van der Waals surface area contributed by atoms with Gasteiger partial charge >= 0.3 is 0 Å². The lowest BCUT2D eigenvalue weighted by molar-refractivity contribution is 0.475. The monoisotopic (exact) mass is 231 g/mol. The van der Waals surface area contributed by atoms with Crippen LogP contribution >= 0.6 is 0 Å². The molecule has 0 bridgehead atoms. The molecule has 1 rings (SSSR count). The van der Waals surface area contributed by atoms with Crippen molar-refractivity contribution in [2.45, 2.75) is 33.2 Å². The van der Waals surface area contributed by atoms with Crippen LogP contribution in [0.5, 0.6) is 0 Å². The minimum Gasteiger partial charge on any atom is -0.362 e. The summed E-state index contributed by atoms with van der Waals surface area (Å²) in [5, 5.41) is 0. The van der Waals surface area contributed by atoms with Crippen LogP contribution in [0.25, 0.3) is 0 Å². The molecular formula is C12H16F3N. The van der Waals surface area contributed by atoms with Crippen LogP contribution in [0, 0.1) is 17.5 Å². The Morgan fingerprint density at radius 1 is 1.06 bits per heavy atom. The standard InChI is InChI=1S/C12H16F3N/c1-5-16(12(2,3)4)11-9(14)6-8(13)7-10(11)15/h6-7H,5H2,1-4H3. The second kappa shape index (κ2) is 4.36. The van der Waals surface area contributed by atoms with Crippen LogP contribution in [0.15, 0.2) is 12.1 Å². The van der Waals surface area contributed by atoms with Crippen LogP contribution < -0.4 is 4.90 Å². The van der Waals surface area contributed by atoms with Gasteiger partial charge in [0.2, 0.25) is 0 Å². The summed E-state index contributed by atoms with van der Waals surface area (Å²) in [6.07, 6.45) is 0. The summed E-state index contributed by atoms with van der Waals surface area (Å²) in [7, 11) is 0. The summed E-state index contributed by atoms with van der Waals surface area (Å²) in [5.74, 6) is -2.63. The van der Waals surface area contributed by atoms with Crippen molar-refractivity contribution in [3.63, 3.8) is 0 Å². The van der Waals surface area contributed by atoms with Gasteiger partial charge in [-0.2, -0.15) is 0 Å². The average molecular weight is 231 g/mol. The van der Waals surface area contributed by atoms with Gasteiger partial charge in [0.05, 0.1) is 0 Å². The van der Waals surface area contributed by atoms with E-state index in [1.807, 2.05) is 20.8 Å². The topological polar surface area (TPSA) is 3.24 Å². The number of hydrogen-bond donors (Lipinski definition) is 0. The van der Waals surface area contributed by atoms with E-state index in [2.05, 4.69) is 0 Å². The van der Waals surface area contributed by atoms with Crippen LogP contribution in [0.2, 0.25) is 0 Å². The lowest BCUT2D eigenvalue weighted by Crippen LogP contribution is -2.42. The summed E-state index contributed by atoms with van der Waals surface area (Å²) in [6, 6.07) is 1.40. The van der Waals surface area contributed by atoms with E-state index >= 15 is 0 Å². The number of anilines is 1. The molecule has 0 aliphatic heterocycles. The van der Waals surface area contributed by atoms with Gasteiger partial charge in [-0.25, -0.2) is 13.2 Å². The zero-order valence-corrected chi connectivity index (χ0v) is 9.94. The van der Waals surface area contributed by atoms with Gasteiger partial charge in [0.1, 0.15) is 11.5 Å². The lowest BCUT2D eigenvalue weighted by atomic mass is 10.0. The molecule has 0 saturated carbocycles. The Hall–Kier alpha value is -1.19. The summed E-state index contributed by atoms with van der Waals surface area (Å²) < 4.78 is 39.9. The fraction of sp³-hybridized carbons (Fsp3) is 0.500. The van der Waals surface area contributed by atoms with Gasteiger partial charge in [0, 0.05) is 24.2 Å². The van der Waals surface area contributed by atoms with Crippen molar-refractivity contribution in [2.75, 3.05) is 11.4 Å². The van der Waals surface area contributed by atoms with Crippen LogP contribution in [0.1, 0.15) is 27.7 Å². The van der Waals surface area contributed by atoms with E-state index in [1.54, 1.807) is 11.8 Å². The van der Waals surface area contributed by atoms with E-state index in [0.29, 0.717) is 18.7 Å². The van der Waals surface area contributed by atoms with E-state index < -0.39 is 23.0 Å². The first-order valence-electron chi connectivity index (χ1n) is 5.19. The fourth-order valence-corrected chi connectivity index (χ4v) is 1.76. The third kappa shape index (κ3) is 2.49. The summed E-state index contributed by atoms with van der Waals surface area (Å²) in [4.78, 5) is 1.57. The number of nitrogens with zero attached hydrogens (tertiary/aromatic N) is 1. The minimum absolute atomic E-state index is 0.170. The molecule has 0 amide bonds. The first-order valence-corrected chi connectivity index (χ1v) is 5.19. The third-order valence-electron chi connectivity index (χ3n) is 2.38. The maximum absolute atomic E-state index is 13.6. The molecule has 0 spiro atoms. The molecule has 1 aromatic carbocycles. The summed E-state index contributed by atoms with van der Waals surface area (Å²) >= 11 is 0. The molecule has 1 aromatic rings. The molecule has 0 atom stereocenters. The lowest BCUT2D eigenvalue weighted by Gasteiger charge is -2.37. The molecule has 1 nitrogen and oxygen atoms in total. The highest BCUT2D eigenvalue weighted by molar-refractivity contribution is 5.51. The van der Waals surface area contributed by atoms with Gasteiger partial charge in [-0.3, -0.25) is 0 Å². The Morgan fingerprint density at radius 3 is 1.81 bits per heavy atom. The first kappa shape index (κ1) is 12.9. The molecule has 0 saturated heterocycles. The predicted octanol–water partition coefficient (Wildman–Crippen LogP) is 3.73. The average Bonchev–Trinajstić information content (AvgIpc) is 2.08. The van der Waals surface area contributed by atoms with Crippen molar-refractivity contribution < 1.29 is 13.2 Å². The van der Waals surface area contributed by atoms with Crippen LogP contribution in [0.4, 0.5) is 18.9 Å². The van der Waals surface area contributed by atoms with Gasteiger partial charge < -0.3 is 4.90 Å². The second-order valence-corrected chi connectivity index (χ2v) is 4.63. The van der Waals surface area contributed by atoms with Crippen molar-refractivity contribution in [3.05, 3.63) is 29.6 Å². The Bertz CT molecular complexity index is 359. The van der Waals surface area contributed by atoms with Gasteiger partial charge in [0.15, 0.2) is 11.6 Å². The second-order valence-electron chi connectivity index (χ2n) is 4.63. The Kier molecular flexibility index (Phi) is 3.51.